The summed E-state index contributed by atoms with van der Waals surface area (Å²) in [6, 6.07) is 14.5. The lowest BCUT2D eigenvalue weighted by Crippen LogP contribution is -2.53. The first-order chi connectivity index (χ1) is 17.0. The number of fused-ring (bicyclic) bond motifs is 1. The molecule has 0 atom stereocenters. The summed E-state index contributed by atoms with van der Waals surface area (Å²) in [4.78, 5) is 18.3. The molecule has 4 bridgehead atoms. The van der Waals surface area contributed by atoms with Gasteiger partial charge in [-0.25, -0.2) is 4.98 Å². The third-order valence-electron chi connectivity index (χ3n) is 8.86. The molecule has 4 saturated carbocycles. The molecule has 4 aliphatic rings. The topological polar surface area (TPSA) is 56.1 Å². The minimum atomic E-state index is -0.0892. The second-order valence-electron chi connectivity index (χ2n) is 11.4. The van der Waals surface area contributed by atoms with Gasteiger partial charge in [-0.05, 0) is 93.4 Å². The minimum absolute atomic E-state index is 0.0892. The van der Waals surface area contributed by atoms with Crippen molar-refractivity contribution in [1.29, 1.82) is 0 Å². The fourth-order valence-corrected chi connectivity index (χ4v) is 7.70. The van der Waals surface area contributed by atoms with E-state index in [0.29, 0.717) is 19.1 Å². The monoisotopic (exact) mass is 471 g/mol. The standard InChI is InChI=1S/C30H37N3O2/c1-20-6-5-7-21(2)28(20)35-13-12-33-26-9-4-3-8-25(26)32-27(33)10-11-31-29(34)30-17-22-14-23(18-30)16-24(15-22)19-30/h3-9,22-24H,10-19H2,1-2H3,(H,31,34). The minimum Gasteiger partial charge on any atom is -0.491 e. The molecule has 5 heteroatoms. The van der Waals surface area contributed by atoms with Crippen molar-refractivity contribution in [3.05, 3.63) is 59.4 Å². The molecule has 3 aromatic rings. The molecule has 1 heterocycles. The lowest BCUT2D eigenvalue weighted by molar-refractivity contribution is -0.146. The zero-order valence-corrected chi connectivity index (χ0v) is 21.1. The second kappa shape index (κ2) is 9.00. The molecule has 2 aromatic carbocycles. The Bertz CT molecular complexity index is 1190. The van der Waals surface area contributed by atoms with Crippen molar-refractivity contribution >= 4 is 16.9 Å². The number of aryl methyl sites for hydroxylation is 2. The van der Waals surface area contributed by atoms with Gasteiger partial charge in [-0.15, -0.1) is 0 Å². The maximum atomic E-state index is 13.4. The number of ether oxygens (including phenoxy) is 1. The van der Waals surface area contributed by atoms with E-state index in [9.17, 15) is 4.79 Å². The number of nitrogens with zero attached hydrogens (tertiary/aromatic N) is 2. The summed E-state index contributed by atoms with van der Waals surface area (Å²) in [6.45, 7) is 6.13. The summed E-state index contributed by atoms with van der Waals surface area (Å²) in [5.74, 6) is 4.65. The van der Waals surface area contributed by atoms with Crippen LogP contribution in [-0.2, 0) is 17.8 Å². The van der Waals surface area contributed by atoms with Gasteiger partial charge in [0.1, 0.15) is 18.2 Å². The van der Waals surface area contributed by atoms with Crippen LogP contribution in [0.4, 0.5) is 0 Å². The quantitative estimate of drug-likeness (QED) is 0.465. The van der Waals surface area contributed by atoms with E-state index >= 15 is 0 Å². The number of nitrogens with one attached hydrogen (secondary N) is 1. The number of benzene rings is 2. The highest BCUT2D eigenvalue weighted by atomic mass is 16.5. The number of hydrogen-bond donors (Lipinski definition) is 1. The lowest BCUT2D eigenvalue weighted by atomic mass is 9.49. The normalized spacial score (nSPS) is 26.9. The summed E-state index contributed by atoms with van der Waals surface area (Å²) in [6.07, 6.45) is 8.15. The Morgan fingerprint density at radius 2 is 1.66 bits per heavy atom. The Hall–Kier alpha value is -2.82. The van der Waals surface area contributed by atoms with Gasteiger partial charge in [0, 0.05) is 18.4 Å². The van der Waals surface area contributed by atoms with Crippen LogP contribution in [0.25, 0.3) is 11.0 Å². The van der Waals surface area contributed by atoms with Gasteiger partial charge in [0.25, 0.3) is 0 Å². The number of carbonyl (C=O) groups excluding carboxylic acids is 1. The predicted octanol–water partition coefficient (Wildman–Crippen LogP) is 5.61. The van der Waals surface area contributed by atoms with Crippen LogP contribution in [0, 0.1) is 37.0 Å². The molecule has 184 valence electrons. The zero-order valence-electron chi connectivity index (χ0n) is 21.1. The van der Waals surface area contributed by atoms with Gasteiger partial charge in [-0.2, -0.15) is 0 Å². The summed E-state index contributed by atoms with van der Waals surface area (Å²) in [7, 11) is 0. The molecule has 0 unspecified atom stereocenters. The van der Waals surface area contributed by atoms with Gasteiger partial charge in [0.15, 0.2) is 0 Å². The Kier molecular flexibility index (Phi) is 5.82. The molecule has 4 aliphatic carbocycles. The highest BCUT2D eigenvalue weighted by Crippen LogP contribution is 2.60. The van der Waals surface area contributed by atoms with Gasteiger partial charge in [-0.3, -0.25) is 4.79 Å². The van der Waals surface area contributed by atoms with Crippen LogP contribution in [0.5, 0.6) is 5.75 Å². The van der Waals surface area contributed by atoms with Crippen molar-refractivity contribution in [3.8, 4) is 5.75 Å². The number of amides is 1. The molecule has 5 nitrogen and oxygen atoms in total. The van der Waals surface area contributed by atoms with Crippen LogP contribution in [0.1, 0.15) is 55.5 Å². The van der Waals surface area contributed by atoms with Crippen LogP contribution >= 0.6 is 0 Å². The van der Waals surface area contributed by atoms with Crippen molar-refractivity contribution in [2.75, 3.05) is 13.2 Å². The van der Waals surface area contributed by atoms with Gasteiger partial charge in [0.05, 0.1) is 17.6 Å². The van der Waals surface area contributed by atoms with Crippen molar-refractivity contribution in [2.24, 2.45) is 23.2 Å². The summed E-state index contributed by atoms with van der Waals surface area (Å²) >= 11 is 0. The predicted molar refractivity (Wildman–Crippen MR) is 138 cm³/mol. The summed E-state index contributed by atoms with van der Waals surface area (Å²) < 4.78 is 8.47. The van der Waals surface area contributed by atoms with Gasteiger partial charge >= 0.3 is 0 Å². The Morgan fingerprint density at radius 3 is 2.34 bits per heavy atom. The molecular weight excluding hydrogens is 434 g/mol. The van der Waals surface area contributed by atoms with E-state index in [1.54, 1.807) is 0 Å². The molecule has 1 N–H and O–H groups in total. The smallest absolute Gasteiger partial charge is 0.226 e. The highest BCUT2D eigenvalue weighted by molar-refractivity contribution is 5.83. The fourth-order valence-electron chi connectivity index (χ4n) is 7.70. The molecule has 0 spiro atoms. The third kappa shape index (κ3) is 4.23. The largest absolute Gasteiger partial charge is 0.491 e. The van der Waals surface area contributed by atoms with E-state index in [-0.39, 0.29) is 5.41 Å². The zero-order chi connectivity index (χ0) is 24.0. The SMILES string of the molecule is Cc1cccc(C)c1OCCn1c(CCNC(=O)C23CC4CC(CC(C4)C2)C3)nc2ccccc21. The van der Waals surface area contributed by atoms with E-state index in [1.807, 2.05) is 6.07 Å². The first kappa shape index (κ1) is 22.6. The Labute approximate surface area is 208 Å². The second-order valence-corrected chi connectivity index (χ2v) is 11.4. The van der Waals surface area contributed by atoms with Gasteiger partial charge in [-0.1, -0.05) is 30.3 Å². The third-order valence-corrected chi connectivity index (χ3v) is 8.86. The van der Waals surface area contributed by atoms with Crippen LogP contribution in [0.3, 0.4) is 0 Å². The van der Waals surface area contributed by atoms with Crippen LogP contribution in [-0.4, -0.2) is 28.6 Å². The van der Waals surface area contributed by atoms with Crippen molar-refractivity contribution in [3.63, 3.8) is 0 Å². The Morgan fingerprint density at radius 1 is 1.00 bits per heavy atom. The molecule has 4 fully saturated rings. The maximum Gasteiger partial charge on any atom is 0.226 e. The number of imidazole rings is 1. The number of aromatic nitrogens is 2. The molecule has 1 aromatic heterocycles. The number of hydrogen-bond acceptors (Lipinski definition) is 3. The summed E-state index contributed by atoms with van der Waals surface area (Å²) in [5, 5.41) is 3.33. The van der Waals surface area contributed by atoms with E-state index < -0.39 is 0 Å². The first-order valence-corrected chi connectivity index (χ1v) is 13.4. The van der Waals surface area contributed by atoms with Gasteiger partial charge in [0.2, 0.25) is 5.91 Å². The maximum absolute atomic E-state index is 13.4. The van der Waals surface area contributed by atoms with E-state index in [1.165, 1.54) is 19.3 Å². The first-order valence-electron chi connectivity index (χ1n) is 13.4. The molecule has 0 aliphatic heterocycles. The van der Waals surface area contributed by atoms with Crippen molar-refractivity contribution in [2.45, 2.75) is 65.3 Å². The highest BCUT2D eigenvalue weighted by Gasteiger charge is 2.54. The number of carbonyl (C=O) groups is 1. The molecular formula is C30H37N3O2. The van der Waals surface area contributed by atoms with E-state index in [4.69, 9.17) is 9.72 Å². The number of rotatable bonds is 8. The van der Waals surface area contributed by atoms with Crippen LogP contribution in [0.2, 0.25) is 0 Å². The average molecular weight is 472 g/mol. The Balaban J connectivity index is 1.13. The summed E-state index contributed by atoms with van der Waals surface area (Å²) in [5.41, 5.74) is 4.36. The molecule has 35 heavy (non-hydrogen) atoms. The van der Waals surface area contributed by atoms with Gasteiger partial charge < -0.3 is 14.6 Å². The average Bonchev–Trinajstić information content (AvgIpc) is 3.17. The van der Waals surface area contributed by atoms with Crippen molar-refractivity contribution < 1.29 is 9.53 Å². The van der Waals surface area contributed by atoms with Crippen molar-refractivity contribution in [1.82, 2.24) is 14.9 Å². The lowest BCUT2D eigenvalue weighted by Gasteiger charge is -2.55. The molecule has 7 rings (SSSR count). The van der Waals surface area contributed by atoms with Crippen LogP contribution < -0.4 is 10.1 Å². The van der Waals surface area contributed by atoms with Crippen LogP contribution in [0.15, 0.2) is 42.5 Å². The number of para-hydroxylation sites is 3. The van der Waals surface area contributed by atoms with E-state index in [2.05, 4.69) is 60.1 Å². The van der Waals surface area contributed by atoms with E-state index in [0.717, 1.165) is 83.7 Å². The fraction of sp³-hybridized carbons (Fsp3) is 0.533. The molecule has 1 amide bonds. The molecule has 0 saturated heterocycles. The molecule has 0 radical (unpaired) electrons.